The first-order valence-electron chi connectivity index (χ1n) is 10.8. The third-order valence-electron chi connectivity index (χ3n) is 5.95. The normalized spacial score (nSPS) is 23.0. The molecule has 2 heterocycles. The van der Waals surface area contributed by atoms with Gasteiger partial charge in [0, 0.05) is 36.6 Å². The number of nitrogens with one attached hydrogen (secondary N) is 1. The third-order valence-corrected chi connectivity index (χ3v) is 5.95. The predicted octanol–water partition coefficient (Wildman–Crippen LogP) is 4.79. The second-order valence-corrected chi connectivity index (χ2v) is 8.04. The van der Waals surface area contributed by atoms with Gasteiger partial charge in [-0.2, -0.15) is 0 Å². The minimum Gasteiger partial charge on any atom is -0.380 e. The molecule has 2 atom stereocenters. The van der Waals surface area contributed by atoms with E-state index in [1.54, 1.807) is 0 Å². The molecule has 2 aliphatic heterocycles. The van der Waals surface area contributed by atoms with Crippen LogP contribution in [-0.4, -0.2) is 30.1 Å². The van der Waals surface area contributed by atoms with Gasteiger partial charge in [0.2, 0.25) is 0 Å². The van der Waals surface area contributed by atoms with Crippen molar-refractivity contribution < 1.29 is 0 Å². The zero-order chi connectivity index (χ0) is 18.4. The van der Waals surface area contributed by atoms with E-state index in [1.807, 2.05) is 0 Å². The van der Waals surface area contributed by atoms with Crippen molar-refractivity contribution in [3.05, 3.63) is 46.8 Å². The lowest BCUT2D eigenvalue weighted by atomic mass is 9.86. The van der Waals surface area contributed by atoms with Gasteiger partial charge in [0.15, 0.2) is 0 Å². The van der Waals surface area contributed by atoms with E-state index in [2.05, 4.69) is 48.5 Å². The lowest BCUT2D eigenvalue weighted by Gasteiger charge is -2.40. The molecule has 1 saturated heterocycles. The average molecular weight is 356 g/mol. The molecular weight excluding hydrogens is 318 g/mol. The second-order valence-electron chi connectivity index (χ2n) is 8.04. The first kappa shape index (κ1) is 19.3. The van der Waals surface area contributed by atoms with Crippen LogP contribution >= 0.6 is 0 Å². The van der Waals surface area contributed by atoms with E-state index in [-0.39, 0.29) is 0 Å². The van der Waals surface area contributed by atoms with Crippen LogP contribution in [-0.2, 0) is 0 Å². The zero-order valence-electron chi connectivity index (χ0n) is 16.8. The molecule has 1 fully saturated rings. The van der Waals surface area contributed by atoms with Crippen LogP contribution in [0.2, 0.25) is 0 Å². The van der Waals surface area contributed by atoms with E-state index in [0.717, 1.165) is 6.42 Å². The second kappa shape index (κ2) is 9.45. The lowest BCUT2D eigenvalue weighted by molar-refractivity contribution is 0.303. The number of likely N-dealkylation sites (tertiary alicyclic amines) is 1. The first-order chi connectivity index (χ1) is 12.7. The summed E-state index contributed by atoms with van der Waals surface area (Å²) < 4.78 is 0. The highest BCUT2D eigenvalue weighted by Crippen LogP contribution is 2.35. The fourth-order valence-electron chi connectivity index (χ4n) is 4.46. The lowest BCUT2D eigenvalue weighted by Crippen LogP contribution is -2.39. The molecule has 3 aliphatic rings. The van der Waals surface area contributed by atoms with Crippen molar-refractivity contribution in [3.8, 4) is 0 Å². The Bertz CT molecular complexity index is 597. The summed E-state index contributed by atoms with van der Waals surface area (Å²) >= 11 is 0. The maximum atomic E-state index is 6.15. The highest BCUT2D eigenvalue weighted by molar-refractivity contribution is 5.52. The maximum absolute atomic E-state index is 6.15. The van der Waals surface area contributed by atoms with Gasteiger partial charge >= 0.3 is 0 Å². The number of rotatable bonds is 9. The summed E-state index contributed by atoms with van der Waals surface area (Å²) in [6.07, 6.45) is 20.3. The smallest absolute Gasteiger partial charge is 0.0716 e. The highest BCUT2D eigenvalue weighted by atomic mass is 15.2. The van der Waals surface area contributed by atoms with Crippen molar-refractivity contribution in [1.29, 1.82) is 0 Å². The van der Waals surface area contributed by atoms with Crippen LogP contribution in [0.5, 0.6) is 0 Å². The summed E-state index contributed by atoms with van der Waals surface area (Å²) in [7, 11) is 0. The minimum atomic E-state index is 0.358. The van der Waals surface area contributed by atoms with Gasteiger partial charge in [-0.15, -0.1) is 0 Å². The summed E-state index contributed by atoms with van der Waals surface area (Å²) in [4.78, 5) is 2.66. The van der Waals surface area contributed by atoms with Gasteiger partial charge in [0.05, 0.1) is 6.04 Å². The molecule has 2 unspecified atom stereocenters. The standard InChI is InChI=1S/C23H37N3/c1-3-9-20(24)11-6-5-7-14-26-15-8-10-19-17-25-22-13-12-18(4-2)16-21(22)23(19)26/h12-13,16-17,20,22,25H,3-11,14-15,24H2,1-2H3. The van der Waals surface area contributed by atoms with Gasteiger partial charge in [-0.25, -0.2) is 0 Å². The Morgan fingerprint density at radius 1 is 1.23 bits per heavy atom. The van der Waals surface area contributed by atoms with Crippen LogP contribution in [0.15, 0.2) is 46.8 Å². The Balaban J connectivity index is 1.60. The minimum absolute atomic E-state index is 0.358. The number of allylic oxidation sites excluding steroid dienone is 3. The number of dihydropyridines is 1. The summed E-state index contributed by atoms with van der Waals surface area (Å²) in [6.45, 7) is 6.86. The van der Waals surface area contributed by atoms with E-state index >= 15 is 0 Å². The molecule has 0 bridgehead atoms. The molecule has 26 heavy (non-hydrogen) atoms. The molecule has 3 nitrogen and oxygen atoms in total. The van der Waals surface area contributed by atoms with Crippen LogP contribution in [0, 0.1) is 0 Å². The Kier molecular flexibility index (Phi) is 7.01. The first-order valence-corrected chi connectivity index (χ1v) is 10.8. The van der Waals surface area contributed by atoms with Gasteiger partial charge in [-0.3, -0.25) is 0 Å². The van der Waals surface area contributed by atoms with E-state index in [1.165, 1.54) is 86.9 Å². The molecule has 144 valence electrons. The third kappa shape index (κ3) is 4.62. The van der Waals surface area contributed by atoms with Crippen molar-refractivity contribution >= 4 is 0 Å². The van der Waals surface area contributed by atoms with Crippen LogP contribution in [0.3, 0.4) is 0 Å². The van der Waals surface area contributed by atoms with Crippen LogP contribution in [0.1, 0.15) is 71.6 Å². The van der Waals surface area contributed by atoms with Crippen molar-refractivity contribution in [3.63, 3.8) is 0 Å². The number of piperidine rings is 1. The molecule has 0 spiro atoms. The van der Waals surface area contributed by atoms with E-state index in [0.29, 0.717) is 12.1 Å². The molecule has 0 aromatic heterocycles. The Hall–Kier alpha value is -1.48. The van der Waals surface area contributed by atoms with E-state index in [9.17, 15) is 0 Å². The quantitative estimate of drug-likeness (QED) is 0.585. The van der Waals surface area contributed by atoms with Gasteiger partial charge < -0.3 is 16.0 Å². The van der Waals surface area contributed by atoms with Gasteiger partial charge in [-0.05, 0) is 49.7 Å². The monoisotopic (exact) mass is 355 g/mol. The number of fused-ring (bicyclic) bond motifs is 2. The summed E-state index contributed by atoms with van der Waals surface area (Å²) in [5.41, 5.74) is 12.1. The average Bonchev–Trinajstić information content (AvgIpc) is 2.67. The van der Waals surface area contributed by atoms with E-state index in [4.69, 9.17) is 5.73 Å². The Morgan fingerprint density at radius 3 is 2.92 bits per heavy atom. The number of nitrogens with zero attached hydrogens (tertiary/aromatic N) is 1. The molecule has 0 aromatic carbocycles. The molecule has 0 saturated carbocycles. The van der Waals surface area contributed by atoms with Gasteiger partial charge in [-0.1, -0.05) is 51.3 Å². The molecular formula is C23H37N3. The number of hydrogen-bond donors (Lipinski definition) is 2. The van der Waals surface area contributed by atoms with Crippen LogP contribution in [0.4, 0.5) is 0 Å². The van der Waals surface area contributed by atoms with Crippen molar-refractivity contribution in [2.45, 2.75) is 83.7 Å². The number of hydrogen-bond acceptors (Lipinski definition) is 3. The molecule has 0 radical (unpaired) electrons. The van der Waals surface area contributed by atoms with Crippen LogP contribution in [0.25, 0.3) is 0 Å². The molecule has 1 aliphatic carbocycles. The highest BCUT2D eigenvalue weighted by Gasteiger charge is 2.29. The maximum Gasteiger partial charge on any atom is 0.0716 e. The van der Waals surface area contributed by atoms with Gasteiger partial charge in [0.1, 0.15) is 0 Å². The van der Waals surface area contributed by atoms with Crippen molar-refractivity contribution in [2.24, 2.45) is 5.73 Å². The zero-order valence-corrected chi connectivity index (χ0v) is 16.8. The SMILES string of the molecule is CCCC(N)CCCCCN1CCCC2=CNC3C=CC(CC)=CC3=C21. The topological polar surface area (TPSA) is 41.3 Å². The molecule has 3 heteroatoms. The summed E-state index contributed by atoms with van der Waals surface area (Å²) in [6, 6.07) is 0.767. The largest absolute Gasteiger partial charge is 0.380 e. The molecule has 0 aromatic rings. The van der Waals surface area contributed by atoms with Crippen molar-refractivity contribution in [2.75, 3.05) is 13.1 Å². The van der Waals surface area contributed by atoms with E-state index < -0.39 is 0 Å². The Labute approximate surface area is 160 Å². The molecule has 3 rings (SSSR count). The number of unbranched alkanes of at least 4 members (excludes halogenated alkanes) is 2. The predicted molar refractivity (Wildman–Crippen MR) is 112 cm³/mol. The van der Waals surface area contributed by atoms with Gasteiger partial charge in [0.25, 0.3) is 0 Å². The number of nitrogens with two attached hydrogens (primary N) is 1. The molecule has 0 amide bonds. The summed E-state index contributed by atoms with van der Waals surface area (Å²) in [5, 5.41) is 3.59. The van der Waals surface area contributed by atoms with Crippen LogP contribution < -0.4 is 11.1 Å². The fourth-order valence-corrected chi connectivity index (χ4v) is 4.46. The van der Waals surface area contributed by atoms with Crippen molar-refractivity contribution in [1.82, 2.24) is 10.2 Å². The summed E-state index contributed by atoms with van der Waals surface area (Å²) in [5.74, 6) is 0. The molecule has 3 N–H and O–H groups in total. The Morgan fingerprint density at radius 2 is 2.12 bits per heavy atom. The fraction of sp³-hybridized carbons (Fsp3) is 0.652.